The second-order valence-electron chi connectivity index (χ2n) is 8.00. The van der Waals surface area contributed by atoms with Crippen LogP contribution < -0.4 is 20.3 Å². The molecule has 2 heterocycles. The van der Waals surface area contributed by atoms with Crippen molar-refractivity contribution in [1.29, 1.82) is 0 Å². The molecule has 1 aromatic heterocycles. The lowest BCUT2D eigenvalue weighted by Gasteiger charge is -2.34. The summed E-state index contributed by atoms with van der Waals surface area (Å²) in [7, 11) is -3.28. The summed E-state index contributed by atoms with van der Waals surface area (Å²) in [5, 5.41) is 6.74. The van der Waals surface area contributed by atoms with Crippen molar-refractivity contribution in [2.45, 2.75) is 52.1 Å². The number of aromatic nitrogens is 1. The van der Waals surface area contributed by atoms with Crippen molar-refractivity contribution in [3.05, 3.63) is 23.9 Å². The van der Waals surface area contributed by atoms with E-state index in [1.807, 2.05) is 39.8 Å². The van der Waals surface area contributed by atoms with Gasteiger partial charge in [0.25, 0.3) is 0 Å². The minimum absolute atomic E-state index is 0. The van der Waals surface area contributed by atoms with E-state index in [2.05, 4.69) is 36.3 Å². The first-order chi connectivity index (χ1) is 13.1. The largest absolute Gasteiger partial charge is 0.357 e. The number of aryl methyl sites for hydroxylation is 1. The first kappa shape index (κ1) is 25.9. The van der Waals surface area contributed by atoms with Crippen molar-refractivity contribution in [1.82, 2.24) is 20.3 Å². The van der Waals surface area contributed by atoms with Gasteiger partial charge in [-0.1, -0.05) is 6.07 Å². The summed E-state index contributed by atoms with van der Waals surface area (Å²) in [6.45, 7) is 10.7. The van der Waals surface area contributed by atoms with Crippen molar-refractivity contribution in [3.63, 3.8) is 0 Å². The molecule has 29 heavy (non-hydrogen) atoms. The highest BCUT2D eigenvalue weighted by atomic mass is 127. The molecule has 1 aliphatic rings. The second-order valence-corrected chi connectivity index (χ2v) is 9.74. The number of piperidine rings is 1. The van der Waals surface area contributed by atoms with E-state index >= 15 is 0 Å². The van der Waals surface area contributed by atoms with Gasteiger partial charge >= 0.3 is 0 Å². The molecule has 1 saturated heterocycles. The van der Waals surface area contributed by atoms with Gasteiger partial charge in [0.1, 0.15) is 5.82 Å². The maximum atomic E-state index is 11.5. The number of hydrogen-bond acceptors (Lipinski definition) is 5. The Morgan fingerprint density at radius 3 is 2.52 bits per heavy atom. The van der Waals surface area contributed by atoms with Crippen LogP contribution in [0.15, 0.2) is 23.2 Å². The minimum atomic E-state index is -3.28. The fourth-order valence-corrected chi connectivity index (χ4v) is 4.35. The molecule has 0 radical (unpaired) electrons. The number of nitrogens with zero attached hydrogens (tertiary/aromatic N) is 3. The molecular weight excluding hydrogens is 503 g/mol. The van der Waals surface area contributed by atoms with Crippen LogP contribution in [0.2, 0.25) is 0 Å². The molecule has 0 aliphatic carbocycles. The highest BCUT2D eigenvalue weighted by Gasteiger charge is 2.23. The molecule has 0 saturated carbocycles. The summed E-state index contributed by atoms with van der Waals surface area (Å²) < 4.78 is 25.6. The number of nitrogens with one attached hydrogen (secondary N) is 3. The Kier molecular flexibility index (Phi) is 10.1. The zero-order valence-corrected chi connectivity index (χ0v) is 21.2. The van der Waals surface area contributed by atoms with Crippen LogP contribution in [0.5, 0.6) is 0 Å². The zero-order chi connectivity index (χ0) is 20.8. The number of hydrogen-bond donors (Lipinski definition) is 3. The number of pyridine rings is 1. The summed E-state index contributed by atoms with van der Waals surface area (Å²) in [5.74, 6) is 1.76. The van der Waals surface area contributed by atoms with Crippen LogP contribution in [0, 0.1) is 6.92 Å². The van der Waals surface area contributed by atoms with Crippen molar-refractivity contribution >= 4 is 45.8 Å². The van der Waals surface area contributed by atoms with Gasteiger partial charge in [-0.2, -0.15) is 0 Å². The summed E-state index contributed by atoms with van der Waals surface area (Å²) in [6, 6.07) is 6.44. The van der Waals surface area contributed by atoms with Crippen LogP contribution in [-0.4, -0.2) is 63.4 Å². The lowest BCUT2D eigenvalue weighted by Crippen LogP contribution is -2.50. The summed E-state index contributed by atoms with van der Waals surface area (Å²) >= 11 is 0. The van der Waals surface area contributed by atoms with Crippen molar-refractivity contribution in [3.8, 4) is 0 Å². The predicted molar refractivity (Wildman–Crippen MR) is 131 cm³/mol. The van der Waals surface area contributed by atoms with E-state index < -0.39 is 15.6 Å². The average molecular weight is 539 g/mol. The SMILES string of the molecule is CCNC(=NCC(C)(C)NS(C)(=O)=O)NC1CCN(c2cccc(C)n2)CC1.I. The van der Waals surface area contributed by atoms with Gasteiger partial charge in [-0.15, -0.1) is 24.0 Å². The second kappa shape index (κ2) is 11.3. The Bertz CT molecular complexity index is 777. The number of anilines is 1. The molecule has 2 rings (SSSR count). The Labute approximate surface area is 192 Å². The minimum Gasteiger partial charge on any atom is -0.357 e. The van der Waals surface area contributed by atoms with Gasteiger partial charge in [-0.25, -0.2) is 18.1 Å². The van der Waals surface area contributed by atoms with Gasteiger partial charge in [-0.3, -0.25) is 4.99 Å². The molecule has 0 spiro atoms. The first-order valence-electron chi connectivity index (χ1n) is 9.80. The van der Waals surface area contributed by atoms with Crippen LogP contribution in [0.3, 0.4) is 0 Å². The Morgan fingerprint density at radius 2 is 1.97 bits per heavy atom. The van der Waals surface area contributed by atoms with Gasteiger partial charge in [0.2, 0.25) is 10.0 Å². The van der Waals surface area contributed by atoms with Crippen molar-refractivity contribution in [2.75, 3.05) is 37.3 Å². The third kappa shape index (κ3) is 9.47. The topological polar surface area (TPSA) is 98.7 Å². The van der Waals surface area contributed by atoms with Gasteiger partial charge in [0.15, 0.2) is 5.96 Å². The van der Waals surface area contributed by atoms with E-state index in [9.17, 15) is 8.42 Å². The highest BCUT2D eigenvalue weighted by Crippen LogP contribution is 2.18. The smallest absolute Gasteiger partial charge is 0.209 e. The first-order valence-corrected chi connectivity index (χ1v) is 11.7. The molecule has 0 atom stereocenters. The summed E-state index contributed by atoms with van der Waals surface area (Å²) in [6.07, 6.45) is 3.15. The molecule has 0 bridgehead atoms. The molecule has 10 heteroatoms. The molecule has 1 aromatic rings. The Balaban J connectivity index is 0.00000420. The number of guanidine groups is 1. The third-order valence-electron chi connectivity index (χ3n) is 4.47. The van der Waals surface area contributed by atoms with Crippen molar-refractivity contribution in [2.24, 2.45) is 4.99 Å². The molecule has 166 valence electrons. The highest BCUT2D eigenvalue weighted by molar-refractivity contribution is 14.0. The average Bonchev–Trinajstić information content (AvgIpc) is 2.58. The van der Waals surface area contributed by atoms with Crippen LogP contribution in [-0.2, 0) is 10.0 Å². The van der Waals surface area contributed by atoms with Gasteiger partial charge in [-0.05, 0) is 52.7 Å². The zero-order valence-electron chi connectivity index (χ0n) is 18.0. The molecule has 0 aromatic carbocycles. The van der Waals surface area contributed by atoms with E-state index in [1.165, 1.54) is 6.26 Å². The lowest BCUT2D eigenvalue weighted by atomic mass is 10.1. The van der Waals surface area contributed by atoms with Gasteiger partial charge in [0, 0.05) is 36.9 Å². The fourth-order valence-electron chi connectivity index (χ4n) is 3.28. The number of aliphatic imine (C=N–C) groups is 1. The summed E-state index contributed by atoms with van der Waals surface area (Å²) in [4.78, 5) is 11.5. The number of rotatable bonds is 7. The molecular formula is C19H35IN6O2S. The fraction of sp³-hybridized carbons (Fsp3) is 0.684. The molecule has 8 nitrogen and oxygen atoms in total. The van der Waals surface area contributed by atoms with Crippen LogP contribution >= 0.6 is 24.0 Å². The summed E-state index contributed by atoms with van der Waals surface area (Å²) in [5.41, 5.74) is 0.389. The number of sulfonamides is 1. The van der Waals surface area contributed by atoms with Gasteiger partial charge in [0.05, 0.1) is 12.8 Å². The normalized spacial score (nSPS) is 16.3. The molecule has 3 N–H and O–H groups in total. The van der Waals surface area contributed by atoms with E-state index in [0.29, 0.717) is 12.6 Å². The van der Waals surface area contributed by atoms with E-state index in [0.717, 1.165) is 49.9 Å². The molecule has 1 aliphatic heterocycles. The maximum absolute atomic E-state index is 11.5. The number of halogens is 1. The predicted octanol–water partition coefficient (Wildman–Crippen LogP) is 1.86. The maximum Gasteiger partial charge on any atom is 0.209 e. The van der Waals surface area contributed by atoms with Crippen molar-refractivity contribution < 1.29 is 8.42 Å². The van der Waals surface area contributed by atoms with E-state index in [4.69, 9.17) is 0 Å². The van der Waals surface area contributed by atoms with Crippen LogP contribution in [0.4, 0.5) is 5.82 Å². The van der Waals surface area contributed by atoms with Crippen LogP contribution in [0.1, 0.15) is 39.3 Å². The lowest BCUT2D eigenvalue weighted by molar-refractivity contribution is 0.450. The van der Waals surface area contributed by atoms with Crippen LogP contribution in [0.25, 0.3) is 0 Å². The van der Waals surface area contributed by atoms with E-state index in [-0.39, 0.29) is 24.0 Å². The Morgan fingerprint density at radius 1 is 1.31 bits per heavy atom. The van der Waals surface area contributed by atoms with E-state index in [1.54, 1.807) is 0 Å². The Hall–Kier alpha value is -1.14. The molecule has 0 unspecified atom stereocenters. The molecule has 1 fully saturated rings. The van der Waals surface area contributed by atoms with Gasteiger partial charge < -0.3 is 15.5 Å². The standard InChI is InChI=1S/C19H34N6O2S.HI/c1-6-20-18(21-14-19(3,4)24-28(5,26)27)23-16-10-12-25(13-11-16)17-9-7-8-15(2)22-17;/h7-9,16,24H,6,10-14H2,1-5H3,(H2,20,21,23);1H. The third-order valence-corrected chi connectivity index (χ3v) is 5.40. The molecule has 0 amide bonds. The quantitative estimate of drug-likeness (QED) is 0.279. The monoisotopic (exact) mass is 538 g/mol.